The predicted octanol–water partition coefficient (Wildman–Crippen LogP) is 3.28. The molecule has 2 unspecified atom stereocenters. The van der Waals surface area contributed by atoms with Gasteiger partial charge in [-0.05, 0) is 80.6 Å². The molecule has 2 aromatic rings. The number of aromatic nitrogens is 2. The Kier molecular flexibility index (Phi) is 5.06. The number of carbonyl (C=O) groups is 1. The summed E-state index contributed by atoms with van der Waals surface area (Å²) < 4.78 is 16.4. The highest BCUT2D eigenvalue weighted by atomic mass is 19.1. The van der Waals surface area contributed by atoms with Gasteiger partial charge in [0, 0.05) is 36.7 Å². The monoisotopic (exact) mass is 460 g/mol. The molecule has 2 fully saturated rings. The van der Waals surface area contributed by atoms with E-state index < -0.39 is 5.82 Å². The lowest BCUT2D eigenvalue weighted by Gasteiger charge is -2.29. The van der Waals surface area contributed by atoms with Gasteiger partial charge >= 0.3 is 0 Å². The minimum absolute atomic E-state index is 0.0656. The maximum atomic E-state index is 14.6. The van der Waals surface area contributed by atoms with E-state index in [9.17, 15) is 9.18 Å². The first-order valence-corrected chi connectivity index (χ1v) is 12.0. The first-order chi connectivity index (χ1) is 16.5. The Morgan fingerprint density at radius 2 is 2.12 bits per heavy atom. The first-order valence-electron chi connectivity index (χ1n) is 12.0. The molecule has 4 heterocycles. The van der Waals surface area contributed by atoms with Crippen molar-refractivity contribution in [3.8, 4) is 11.1 Å². The van der Waals surface area contributed by atoms with Crippen molar-refractivity contribution in [2.24, 2.45) is 5.92 Å². The third-order valence-corrected chi connectivity index (χ3v) is 7.17. The van der Waals surface area contributed by atoms with Gasteiger partial charge in [-0.15, -0.1) is 0 Å². The number of carbonyl (C=O) groups excluding carboxylic acids is 1. The maximum Gasteiger partial charge on any atom is 0.254 e. The number of amides is 1. The summed E-state index contributed by atoms with van der Waals surface area (Å²) in [5, 5.41) is 10.9. The molecule has 1 saturated carbocycles. The van der Waals surface area contributed by atoms with Crippen LogP contribution in [0.25, 0.3) is 16.9 Å². The Labute approximate surface area is 198 Å². The van der Waals surface area contributed by atoms with E-state index in [0.717, 1.165) is 48.4 Å². The Morgan fingerprint density at radius 3 is 2.88 bits per heavy atom. The fraction of sp³-hybridized carbons (Fsp3) is 0.385. The number of benzene rings is 1. The van der Waals surface area contributed by atoms with E-state index in [-0.39, 0.29) is 23.7 Å². The van der Waals surface area contributed by atoms with Crippen molar-refractivity contribution in [3.63, 3.8) is 0 Å². The molecule has 4 aliphatic rings. The molecule has 0 bridgehead atoms. The SMILES string of the molecule is Cc1cc(F)c(C(=O)NC2CC2)cc1-c1cnn(C2=CNC3C=CC(C4CCN(C)C4)=CN23)c1. The van der Waals surface area contributed by atoms with E-state index in [1.165, 1.54) is 18.1 Å². The molecule has 0 spiro atoms. The number of hydrogen-bond acceptors (Lipinski definition) is 5. The quantitative estimate of drug-likeness (QED) is 0.717. The lowest BCUT2D eigenvalue weighted by atomic mass is 9.96. The molecule has 7 nitrogen and oxygen atoms in total. The summed E-state index contributed by atoms with van der Waals surface area (Å²) >= 11 is 0. The van der Waals surface area contributed by atoms with E-state index in [0.29, 0.717) is 5.92 Å². The molecule has 6 rings (SSSR count). The fourth-order valence-corrected chi connectivity index (χ4v) is 5.03. The number of aryl methyl sites for hydroxylation is 1. The molecular weight excluding hydrogens is 431 g/mol. The molecule has 1 aromatic heterocycles. The van der Waals surface area contributed by atoms with Crippen molar-refractivity contribution in [1.82, 2.24) is 30.2 Å². The normalized spacial score (nSPS) is 24.0. The molecule has 1 aromatic carbocycles. The van der Waals surface area contributed by atoms with Crippen LogP contribution in [-0.2, 0) is 0 Å². The number of rotatable bonds is 5. The fourth-order valence-electron chi connectivity index (χ4n) is 5.03. The number of nitrogens with zero attached hydrogens (tertiary/aromatic N) is 4. The van der Waals surface area contributed by atoms with Gasteiger partial charge in [-0.2, -0.15) is 5.10 Å². The average molecular weight is 461 g/mol. The number of fused-ring (bicyclic) bond motifs is 1. The van der Waals surface area contributed by atoms with Crippen LogP contribution in [0.15, 0.2) is 54.7 Å². The topological polar surface area (TPSA) is 65.4 Å². The Bertz CT molecular complexity index is 1240. The largest absolute Gasteiger partial charge is 0.365 e. The Balaban J connectivity index is 1.27. The minimum atomic E-state index is -0.493. The molecule has 3 aliphatic heterocycles. The zero-order chi connectivity index (χ0) is 23.4. The molecule has 2 atom stereocenters. The molecule has 2 N–H and O–H groups in total. The van der Waals surface area contributed by atoms with Crippen molar-refractivity contribution in [3.05, 3.63) is 71.6 Å². The molecule has 34 heavy (non-hydrogen) atoms. The van der Waals surface area contributed by atoms with Crippen molar-refractivity contribution in [2.45, 2.75) is 38.4 Å². The van der Waals surface area contributed by atoms with Gasteiger partial charge in [-0.25, -0.2) is 9.07 Å². The van der Waals surface area contributed by atoms with Gasteiger partial charge < -0.3 is 20.4 Å². The summed E-state index contributed by atoms with van der Waals surface area (Å²) in [5.41, 5.74) is 3.84. The second kappa shape index (κ2) is 8.13. The van der Waals surface area contributed by atoms with Crippen LogP contribution in [0.3, 0.4) is 0 Å². The first kappa shape index (κ1) is 21.2. The van der Waals surface area contributed by atoms with E-state index in [1.54, 1.807) is 12.3 Å². The Morgan fingerprint density at radius 1 is 1.26 bits per heavy atom. The summed E-state index contributed by atoms with van der Waals surface area (Å²) in [6.07, 6.45) is 15.5. The number of allylic oxidation sites excluding steroid dienone is 1. The van der Waals surface area contributed by atoms with E-state index in [2.05, 4.69) is 50.9 Å². The lowest BCUT2D eigenvalue weighted by molar-refractivity contribution is 0.0947. The minimum Gasteiger partial charge on any atom is -0.365 e. The number of halogens is 1. The van der Waals surface area contributed by atoms with E-state index in [1.807, 2.05) is 24.0 Å². The maximum absolute atomic E-state index is 14.6. The lowest BCUT2D eigenvalue weighted by Crippen LogP contribution is -2.34. The van der Waals surface area contributed by atoms with Crippen molar-refractivity contribution >= 4 is 11.7 Å². The molecule has 0 radical (unpaired) electrons. The summed E-state index contributed by atoms with van der Waals surface area (Å²) in [4.78, 5) is 17.1. The summed E-state index contributed by atoms with van der Waals surface area (Å²) in [6, 6.07) is 3.26. The molecule has 1 saturated heterocycles. The van der Waals surface area contributed by atoms with Gasteiger partial charge in [0.15, 0.2) is 5.82 Å². The van der Waals surface area contributed by atoms with Gasteiger partial charge in [0.25, 0.3) is 5.91 Å². The third kappa shape index (κ3) is 3.81. The summed E-state index contributed by atoms with van der Waals surface area (Å²) in [5.74, 6) is 0.623. The molecule has 1 aliphatic carbocycles. The smallest absolute Gasteiger partial charge is 0.254 e. The van der Waals surface area contributed by atoms with Crippen LogP contribution in [0.4, 0.5) is 4.39 Å². The van der Waals surface area contributed by atoms with Crippen LogP contribution < -0.4 is 10.6 Å². The van der Waals surface area contributed by atoms with Crippen LogP contribution >= 0.6 is 0 Å². The number of likely N-dealkylation sites (tertiary alicyclic amines) is 1. The standard InChI is InChI=1S/C26H29FN6O/c1-16-9-23(27)22(26(34)30-20-4-5-20)10-21(16)19-11-29-33(15-19)25-12-28-24-6-3-17(14-32(24)25)18-7-8-31(2)13-18/h3,6,9-12,14-15,18,20,24,28H,4-5,7-8,13H2,1-2H3,(H,30,34). The van der Waals surface area contributed by atoms with Gasteiger partial charge in [0.1, 0.15) is 12.0 Å². The van der Waals surface area contributed by atoms with E-state index >= 15 is 0 Å². The van der Waals surface area contributed by atoms with Gasteiger partial charge in [0.2, 0.25) is 0 Å². The van der Waals surface area contributed by atoms with Gasteiger partial charge in [-0.3, -0.25) is 4.79 Å². The highest BCUT2D eigenvalue weighted by molar-refractivity contribution is 5.96. The number of hydrogen-bond donors (Lipinski definition) is 2. The molecule has 176 valence electrons. The van der Waals surface area contributed by atoms with E-state index in [4.69, 9.17) is 0 Å². The molecule has 1 amide bonds. The second-order valence-corrected chi connectivity index (χ2v) is 9.83. The van der Waals surface area contributed by atoms with Gasteiger partial charge in [-0.1, -0.05) is 6.08 Å². The van der Waals surface area contributed by atoms with Crippen LogP contribution in [-0.4, -0.2) is 57.8 Å². The summed E-state index contributed by atoms with van der Waals surface area (Å²) in [7, 11) is 2.17. The zero-order valence-corrected chi connectivity index (χ0v) is 19.5. The van der Waals surface area contributed by atoms with Crippen LogP contribution in [0.1, 0.15) is 35.2 Å². The van der Waals surface area contributed by atoms with Crippen molar-refractivity contribution in [1.29, 1.82) is 0 Å². The summed E-state index contributed by atoms with van der Waals surface area (Å²) in [6.45, 7) is 4.06. The zero-order valence-electron chi connectivity index (χ0n) is 19.5. The van der Waals surface area contributed by atoms with Crippen molar-refractivity contribution < 1.29 is 9.18 Å². The third-order valence-electron chi connectivity index (χ3n) is 7.17. The van der Waals surface area contributed by atoms with Gasteiger partial charge in [0.05, 0.1) is 11.8 Å². The highest BCUT2D eigenvalue weighted by Gasteiger charge is 2.31. The average Bonchev–Trinajstić information content (AvgIpc) is 3.18. The van der Waals surface area contributed by atoms with Crippen LogP contribution in [0.5, 0.6) is 0 Å². The van der Waals surface area contributed by atoms with Crippen LogP contribution in [0, 0.1) is 18.7 Å². The Hall–Kier alpha value is -3.39. The molecular formula is C26H29FN6O. The van der Waals surface area contributed by atoms with Crippen LogP contribution in [0.2, 0.25) is 0 Å². The predicted molar refractivity (Wildman–Crippen MR) is 129 cm³/mol. The molecule has 8 heteroatoms. The second-order valence-electron chi connectivity index (χ2n) is 9.83. The van der Waals surface area contributed by atoms with Crippen molar-refractivity contribution in [2.75, 3.05) is 20.1 Å². The number of nitrogens with one attached hydrogen (secondary N) is 2. The highest BCUT2D eigenvalue weighted by Crippen LogP contribution is 2.33.